The van der Waals surface area contributed by atoms with Gasteiger partial charge in [-0.1, -0.05) is 51.5 Å². The number of unbranched alkanes of at least 4 members (excludes halogenated alkanes) is 5. The van der Waals surface area contributed by atoms with Gasteiger partial charge in [0.05, 0.1) is 13.2 Å². The maximum Gasteiger partial charge on any atom is 0.119 e. The summed E-state index contributed by atoms with van der Waals surface area (Å²) < 4.78 is 5.18. The van der Waals surface area contributed by atoms with Gasteiger partial charge in [0.2, 0.25) is 0 Å². The summed E-state index contributed by atoms with van der Waals surface area (Å²) >= 11 is 0. The molecular weight excluding hydrogens is 236 g/mol. The van der Waals surface area contributed by atoms with Crippen molar-refractivity contribution in [1.82, 2.24) is 0 Å². The quantitative estimate of drug-likeness (QED) is 0.650. The highest BCUT2D eigenvalue weighted by molar-refractivity contribution is 5.35. The van der Waals surface area contributed by atoms with E-state index in [2.05, 4.69) is 6.92 Å². The molecule has 19 heavy (non-hydrogen) atoms. The van der Waals surface area contributed by atoms with Crippen LogP contribution in [0.15, 0.2) is 18.2 Å². The van der Waals surface area contributed by atoms with E-state index in [1.165, 1.54) is 32.1 Å². The molecule has 0 heterocycles. The average molecular weight is 264 g/mol. The fourth-order valence-corrected chi connectivity index (χ4v) is 2.42. The van der Waals surface area contributed by atoms with Crippen molar-refractivity contribution in [3.05, 3.63) is 29.3 Å². The molecule has 2 heteroatoms. The maximum atomic E-state index is 10.2. The highest BCUT2D eigenvalue weighted by atomic mass is 16.5. The number of aliphatic hydroxyl groups is 1. The molecular formula is C17H28O2. The predicted molar refractivity (Wildman–Crippen MR) is 80.7 cm³/mol. The zero-order valence-electron chi connectivity index (χ0n) is 12.6. The lowest BCUT2D eigenvalue weighted by molar-refractivity contribution is 0.162. The first kappa shape index (κ1) is 16.0. The van der Waals surface area contributed by atoms with Crippen molar-refractivity contribution in [3.8, 4) is 5.75 Å². The Balaban J connectivity index is 2.34. The zero-order chi connectivity index (χ0) is 14.1. The van der Waals surface area contributed by atoms with Gasteiger partial charge in [-0.3, -0.25) is 0 Å². The predicted octanol–water partition coefficient (Wildman–Crippen LogP) is 4.79. The van der Waals surface area contributed by atoms with Crippen LogP contribution in [0.2, 0.25) is 0 Å². The molecule has 0 aromatic heterocycles. The molecule has 0 saturated heterocycles. The lowest BCUT2D eigenvalue weighted by Crippen LogP contribution is -2.00. The second-order valence-corrected chi connectivity index (χ2v) is 5.29. The second kappa shape index (κ2) is 8.98. The van der Waals surface area contributed by atoms with Crippen molar-refractivity contribution in [2.24, 2.45) is 0 Å². The van der Waals surface area contributed by atoms with Gasteiger partial charge in [-0.15, -0.1) is 0 Å². The Labute approximate surface area is 117 Å². The molecule has 0 aliphatic rings. The fraction of sp³-hybridized carbons (Fsp3) is 0.647. The molecule has 2 nitrogen and oxygen atoms in total. The van der Waals surface area contributed by atoms with E-state index >= 15 is 0 Å². The topological polar surface area (TPSA) is 29.5 Å². The van der Waals surface area contributed by atoms with Gasteiger partial charge in [0.15, 0.2) is 0 Å². The van der Waals surface area contributed by atoms with Crippen LogP contribution >= 0.6 is 0 Å². The molecule has 0 bridgehead atoms. The maximum absolute atomic E-state index is 10.2. The molecule has 0 aliphatic carbocycles. The van der Waals surface area contributed by atoms with Crippen molar-refractivity contribution >= 4 is 0 Å². The minimum absolute atomic E-state index is 0.336. The number of rotatable bonds is 9. The zero-order valence-corrected chi connectivity index (χ0v) is 12.6. The molecule has 0 spiro atoms. The summed E-state index contributed by atoms with van der Waals surface area (Å²) in [4.78, 5) is 0. The van der Waals surface area contributed by atoms with E-state index in [1.807, 2.05) is 25.1 Å². The van der Waals surface area contributed by atoms with Gasteiger partial charge >= 0.3 is 0 Å². The lowest BCUT2D eigenvalue weighted by Gasteiger charge is -2.14. The van der Waals surface area contributed by atoms with Crippen LogP contribution in [0.1, 0.15) is 69.1 Å². The summed E-state index contributed by atoms with van der Waals surface area (Å²) in [6.45, 7) is 4.26. The number of ether oxygens (including phenoxy) is 1. The summed E-state index contributed by atoms with van der Waals surface area (Å²) in [5, 5.41) is 10.2. The van der Waals surface area contributed by atoms with Gasteiger partial charge in [-0.25, -0.2) is 0 Å². The van der Waals surface area contributed by atoms with Crippen LogP contribution in [-0.4, -0.2) is 12.2 Å². The summed E-state index contributed by atoms with van der Waals surface area (Å²) in [5.41, 5.74) is 2.15. The van der Waals surface area contributed by atoms with E-state index in [4.69, 9.17) is 4.74 Å². The van der Waals surface area contributed by atoms with Crippen LogP contribution in [0.5, 0.6) is 5.75 Å². The molecule has 0 saturated carbocycles. The average Bonchev–Trinajstić information content (AvgIpc) is 2.42. The van der Waals surface area contributed by atoms with Crippen molar-refractivity contribution in [1.29, 1.82) is 0 Å². The van der Waals surface area contributed by atoms with Gasteiger partial charge < -0.3 is 9.84 Å². The molecule has 0 radical (unpaired) electrons. The van der Waals surface area contributed by atoms with Gasteiger partial charge in [0, 0.05) is 0 Å². The molecule has 1 aromatic rings. The normalized spacial score (nSPS) is 12.4. The van der Waals surface area contributed by atoms with Crippen LogP contribution < -0.4 is 4.74 Å². The summed E-state index contributed by atoms with van der Waals surface area (Å²) in [6, 6.07) is 5.89. The Morgan fingerprint density at radius 2 is 1.79 bits per heavy atom. The van der Waals surface area contributed by atoms with Crippen molar-refractivity contribution in [2.75, 3.05) is 7.11 Å². The Morgan fingerprint density at radius 1 is 1.11 bits per heavy atom. The molecule has 1 unspecified atom stereocenters. The SMILES string of the molecule is CCCCCCCCC(O)c1ccc(OC)cc1C. The standard InChI is InChI=1S/C17H28O2/c1-4-5-6-7-8-9-10-17(18)16-12-11-15(19-3)13-14(16)2/h11-13,17-18H,4-10H2,1-3H3. The number of aliphatic hydroxyl groups excluding tert-OH is 1. The van der Waals surface area contributed by atoms with E-state index < -0.39 is 0 Å². The first-order valence-electron chi connectivity index (χ1n) is 7.51. The van der Waals surface area contributed by atoms with Gasteiger partial charge in [0.25, 0.3) is 0 Å². The van der Waals surface area contributed by atoms with E-state index in [0.29, 0.717) is 0 Å². The van der Waals surface area contributed by atoms with Crippen molar-refractivity contribution in [3.63, 3.8) is 0 Å². The monoisotopic (exact) mass is 264 g/mol. The Morgan fingerprint density at radius 3 is 2.42 bits per heavy atom. The smallest absolute Gasteiger partial charge is 0.119 e. The molecule has 108 valence electrons. The summed E-state index contributed by atoms with van der Waals surface area (Å²) in [7, 11) is 1.67. The highest BCUT2D eigenvalue weighted by Gasteiger charge is 2.10. The van der Waals surface area contributed by atoms with E-state index in [1.54, 1.807) is 7.11 Å². The van der Waals surface area contributed by atoms with Crippen LogP contribution in [0.25, 0.3) is 0 Å². The molecule has 1 aromatic carbocycles. The number of benzene rings is 1. The van der Waals surface area contributed by atoms with E-state index in [9.17, 15) is 5.11 Å². The summed E-state index contributed by atoms with van der Waals surface area (Å²) in [5.74, 6) is 0.855. The number of hydrogen-bond donors (Lipinski definition) is 1. The third kappa shape index (κ3) is 5.65. The van der Waals surface area contributed by atoms with E-state index in [-0.39, 0.29) is 6.10 Å². The molecule has 1 rings (SSSR count). The largest absolute Gasteiger partial charge is 0.497 e. The van der Waals surface area contributed by atoms with Gasteiger partial charge in [-0.2, -0.15) is 0 Å². The highest BCUT2D eigenvalue weighted by Crippen LogP contribution is 2.26. The number of methoxy groups -OCH3 is 1. The molecule has 1 N–H and O–H groups in total. The first-order chi connectivity index (χ1) is 9.19. The van der Waals surface area contributed by atoms with Crippen LogP contribution in [0.3, 0.4) is 0 Å². The fourth-order valence-electron chi connectivity index (χ4n) is 2.42. The second-order valence-electron chi connectivity index (χ2n) is 5.29. The Hall–Kier alpha value is -1.02. The van der Waals surface area contributed by atoms with Gasteiger partial charge in [-0.05, 0) is 36.6 Å². The van der Waals surface area contributed by atoms with Crippen molar-refractivity contribution < 1.29 is 9.84 Å². The van der Waals surface area contributed by atoms with Crippen LogP contribution in [0.4, 0.5) is 0 Å². The number of hydrogen-bond acceptors (Lipinski definition) is 2. The van der Waals surface area contributed by atoms with Crippen LogP contribution in [0, 0.1) is 6.92 Å². The minimum atomic E-state index is -0.336. The van der Waals surface area contributed by atoms with Gasteiger partial charge in [0.1, 0.15) is 5.75 Å². The molecule has 0 aliphatic heterocycles. The Kier molecular flexibility index (Phi) is 7.57. The lowest BCUT2D eigenvalue weighted by atomic mass is 9.98. The third-order valence-corrected chi connectivity index (χ3v) is 3.67. The summed E-state index contributed by atoms with van der Waals surface area (Å²) in [6.07, 6.45) is 8.10. The van der Waals surface area contributed by atoms with Crippen LogP contribution in [-0.2, 0) is 0 Å². The third-order valence-electron chi connectivity index (χ3n) is 3.67. The minimum Gasteiger partial charge on any atom is -0.497 e. The molecule has 0 fully saturated rings. The van der Waals surface area contributed by atoms with E-state index in [0.717, 1.165) is 29.7 Å². The molecule has 0 amide bonds. The first-order valence-corrected chi connectivity index (χ1v) is 7.51. The number of aryl methyl sites for hydroxylation is 1. The van der Waals surface area contributed by atoms with Crippen molar-refractivity contribution in [2.45, 2.75) is 64.9 Å². The molecule has 1 atom stereocenters. The Bertz CT molecular complexity index is 360.